The quantitative estimate of drug-likeness (QED) is 0.230. The van der Waals surface area contributed by atoms with Crippen LogP contribution in [-0.4, -0.2) is 82.5 Å². The predicted octanol–water partition coefficient (Wildman–Crippen LogP) is 5.54. The van der Waals surface area contributed by atoms with Crippen molar-refractivity contribution in [1.82, 2.24) is 15.1 Å². The summed E-state index contributed by atoms with van der Waals surface area (Å²) in [4.78, 5) is 77.1. The summed E-state index contributed by atoms with van der Waals surface area (Å²) in [6.07, 6.45) is 1.01. The molecule has 1 fully saturated rings. The number of hydrogen-bond donors (Lipinski definition) is 3. The third kappa shape index (κ3) is 8.14. The van der Waals surface area contributed by atoms with Crippen molar-refractivity contribution in [2.24, 2.45) is 5.41 Å². The number of amides is 4. The van der Waals surface area contributed by atoms with Crippen LogP contribution in [0.25, 0.3) is 10.1 Å². The van der Waals surface area contributed by atoms with Gasteiger partial charge in [-0.2, -0.15) is 8.78 Å². The largest absolute Gasteiger partial charge is 0.399 e. The molecule has 3 aromatic rings. The standard InChI is InChI=1S/C32H38BrF2N4O7PS/c1-31(2,3)27(36-28(41)25-17-19-16-20(11-12-24(19)48-25)32(34,35)47(44,45)46)30(43)39-14-7-10-23(39)29(42)38(15-13-26(40)37(4)5)22-9-6-8-21(33)18-22/h6,8-9,11-12,16-18,23,27H,7,10,13-15H2,1-5H3,(H,36,41)(H2,44,45,46). The zero-order valence-corrected chi connectivity index (χ0v) is 30.4. The van der Waals surface area contributed by atoms with Gasteiger partial charge in [0.2, 0.25) is 17.7 Å². The highest BCUT2D eigenvalue weighted by molar-refractivity contribution is 9.10. The second-order valence-electron chi connectivity index (χ2n) is 12.9. The van der Waals surface area contributed by atoms with Crippen molar-refractivity contribution in [2.45, 2.75) is 57.8 Å². The fraction of sp³-hybridized carbons (Fsp3) is 0.438. The maximum Gasteiger partial charge on any atom is 0.399 e. The summed E-state index contributed by atoms with van der Waals surface area (Å²) in [5.74, 6) is -1.62. The molecule has 1 aliphatic heterocycles. The summed E-state index contributed by atoms with van der Waals surface area (Å²) in [5.41, 5.74) is -5.54. The highest BCUT2D eigenvalue weighted by Gasteiger charge is 2.50. The van der Waals surface area contributed by atoms with Crippen molar-refractivity contribution in [3.8, 4) is 0 Å². The van der Waals surface area contributed by atoms with Gasteiger partial charge >= 0.3 is 13.3 Å². The first-order valence-electron chi connectivity index (χ1n) is 15.1. The topological polar surface area (TPSA) is 148 Å². The SMILES string of the molecule is CN(C)C(=O)CCN(C(=O)C1CCCN1C(=O)C(NC(=O)c1cc2cc(C(F)(F)P(=O)(O)O)ccc2s1)C(C)(C)C)c1cccc(Br)c1. The van der Waals surface area contributed by atoms with E-state index < -0.39 is 48.1 Å². The molecular formula is C32H38BrF2N4O7PS. The van der Waals surface area contributed by atoms with Crippen LogP contribution in [0.15, 0.2) is 53.0 Å². The first kappa shape index (κ1) is 37.6. The van der Waals surface area contributed by atoms with Crippen molar-refractivity contribution in [1.29, 1.82) is 0 Å². The van der Waals surface area contributed by atoms with E-state index in [0.29, 0.717) is 23.2 Å². The molecule has 260 valence electrons. The Labute approximate surface area is 289 Å². The van der Waals surface area contributed by atoms with Gasteiger partial charge < -0.3 is 29.8 Å². The molecule has 16 heteroatoms. The van der Waals surface area contributed by atoms with Crippen molar-refractivity contribution in [3.63, 3.8) is 0 Å². The lowest BCUT2D eigenvalue weighted by Crippen LogP contribution is -2.58. The van der Waals surface area contributed by atoms with Crippen LogP contribution in [0.5, 0.6) is 0 Å². The van der Waals surface area contributed by atoms with Crippen molar-refractivity contribution < 1.29 is 42.3 Å². The lowest BCUT2D eigenvalue weighted by molar-refractivity contribution is -0.141. The highest BCUT2D eigenvalue weighted by Crippen LogP contribution is 2.59. The van der Waals surface area contributed by atoms with Crippen LogP contribution in [0.3, 0.4) is 0 Å². The summed E-state index contributed by atoms with van der Waals surface area (Å²) in [5, 5.41) is 2.97. The van der Waals surface area contributed by atoms with E-state index in [1.807, 2.05) is 6.07 Å². The zero-order chi connectivity index (χ0) is 35.8. The molecule has 1 aliphatic rings. The molecule has 4 rings (SSSR count). The average molecular weight is 772 g/mol. The number of halogens is 3. The third-order valence-electron chi connectivity index (χ3n) is 8.10. The molecule has 2 unspecified atom stereocenters. The summed E-state index contributed by atoms with van der Waals surface area (Å²) in [6, 6.07) is 9.59. The van der Waals surface area contributed by atoms with Crippen molar-refractivity contribution >= 4 is 74.3 Å². The van der Waals surface area contributed by atoms with Crippen LogP contribution in [0, 0.1) is 5.41 Å². The Hall–Kier alpha value is -3.23. The number of carbonyl (C=O) groups excluding carboxylic acids is 4. The number of alkyl halides is 2. The normalized spacial score (nSPS) is 16.1. The van der Waals surface area contributed by atoms with Crippen LogP contribution in [0.4, 0.5) is 14.5 Å². The third-order valence-corrected chi connectivity index (χ3v) is 10.7. The maximum absolute atomic E-state index is 14.3. The number of nitrogens with one attached hydrogen (secondary N) is 1. The first-order valence-corrected chi connectivity index (χ1v) is 18.3. The Morgan fingerprint density at radius 2 is 1.79 bits per heavy atom. The number of rotatable bonds is 10. The molecule has 0 aliphatic carbocycles. The maximum atomic E-state index is 14.3. The second-order valence-corrected chi connectivity index (χ2v) is 16.6. The molecule has 2 aromatic carbocycles. The van der Waals surface area contributed by atoms with Crippen LogP contribution in [0.1, 0.15) is 55.3 Å². The molecule has 0 spiro atoms. The molecule has 0 radical (unpaired) electrons. The van der Waals surface area contributed by atoms with Crippen LogP contribution in [0.2, 0.25) is 0 Å². The number of benzene rings is 2. The molecule has 1 aromatic heterocycles. The van der Waals surface area contributed by atoms with Crippen LogP contribution < -0.4 is 10.2 Å². The monoisotopic (exact) mass is 770 g/mol. The molecule has 4 amide bonds. The minimum atomic E-state index is -5.79. The lowest BCUT2D eigenvalue weighted by Gasteiger charge is -2.36. The van der Waals surface area contributed by atoms with Gasteiger partial charge in [0.15, 0.2) is 0 Å². The average Bonchev–Trinajstić information content (AvgIpc) is 3.65. The number of anilines is 1. The first-order chi connectivity index (χ1) is 22.2. The van der Waals surface area contributed by atoms with Gasteiger partial charge in [-0.15, -0.1) is 11.3 Å². The van der Waals surface area contributed by atoms with E-state index in [9.17, 15) is 32.5 Å². The molecule has 0 saturated carbocycles. The van der Waals surface area contributed by atoms with Gasteiger partial charge in [0, 0.05) is 54.0 Å². The molecule has 11 nitrogen and oxygen atoms in total. The fourth-order valence-electron chi connectivity index (χ4n) is 5.44. The van der Waals surface area contributed by atoms with E-state index in [0.717, 1.165) is 27.9 Å². The zero-order valence-electron chi connectivity index (χ0n) is 27.1. The van der Waals surface area contributed by atoms with Crippen LogP contribution in [-0.2, 0) is 24.6 Å². The Morgan fingerprint density at radius 1 is 1.10 bits per heavy atom. The molecule has 3 N–H and O–H groups in total. The van der Waals surface area contributed by atoms with E-state index in [1.165, 1.54) is 26.8 Å². The second kappa shape index (κ2) is 14.3. The number of hydrogen-bond acceptors (Lipinski definition) is 6. The van der Waals surface area contributed by atoms with Crippen LogP contribution >= 0.6 is 34.9 Å². The van der Waals surface area contributed by atoms with Crippen molar-refractivity contribution in [3.05, 3.63) is 63.4 Å². The van der Waals surface area contributed by atoms with E-state index in [2.05, 4.69) is 21.2 Å². The number of nitrogens with zero attached hydrogens (tertiary/aromatic N) is 3. The molecule has 0 bridgehead atoms. The number of likely N-dealkylation sites (tertiary alicyclic amines) is 1. The van der Waals surface area contributed by atoms with E-state index in [-0.39, 0.29) is 41.6 Å². The molecule has 2 atom stereocenters. The molecular weight excluding hydrogens is 733 g/mol. The highest BCUT2D eigenvalue weighted by atomic mass is 79.9. The summed E-state index contributed by atoms with van der Waals surface area (Å²) >= 11 is 4.41. The van der Waals surface area contributed by atoms with Crippen molar-refractivity contribution in [2.75, 3.05) is 32.1 Å². The van der Waals surface area contributed by atoms with Gasteiger partial charge in [-0.1, -0.05) is 48.8 Å². The van der Waals surface area contributed by atoms with Gasteiger partial charge in [-0.05, 0) is 60.0 Å². The number of carbonyl (C=O) groups is 4. The number of fused-ring (bicyclic) bond motifs is 1. The van der Waals surface area contributed by atoms with Gasteiger partial charge in [0.1, 0.15) is 12.1 Å². The van der Waals surface area contributed by atoms with E-state index in [4.69, 9.17) is 9.79 Å². The van der Waals surface area contributed by atoms with Gasteiger partial charge in [-0.25, -0.2) is 0 Å². The Morgan fingerprint density at radius 3 is 2.40 bits per heavy atom. The predicted molar refractivity (Wildman–Crippen MR) is 183 cm³/mol. The Balaban J connectivity index is 1.59. The summed E-state index contributed by atoms with van der Waals surface area (Å²) < 4.78 is 41.2. The van der Waals surface area contributed by atoms with E-state index in [1.54, 1.807) is 53.1 Å². The molecule has 48 heavy (non-hydrogen) atoms. The van der Waals surface area contributed by atoms with Gasteiger partial charge in [0.25, 0.3) is 5.91 Å². The Bertz CT molecular complexity index is 1770. The molecule has 2 heterocycles. The van der Waals surface area contributed by atoms with E-state index >= 15 is 0 Å². The minimum absolute atomic E-state index is 0.0696. The fourth-order valence-corrected chi connectivity index (χ4v) is 7.24. The smallest absolute Gasteiger partial charge is 0.349 e. The Kier molecular flexibility index (Phi) is 11.2. The molecule has 1 saturated heterocycles. The van der Waals surface area contributed by atoms with Gasteiger partial charge in [-0.3, -0.25) is 23.7 Å². The minimum Gasteiger partial charge on any atom is -0.349 e. The summed E-state index contributed by atoms with van der Waals surface area (Å²) in [7, 11) is -2.52. The number of thiophene rings is 1. The van der Waals surface area contributed by atoms with Gasteiger partial charge in [0.05, 0.1) is 4.88 Å². The lowest BCUT2D eigenvalue weighted by atomic mass is 9.85. The summed E-state index contributed by atoms with van der Waals surface area (Å²) in [6.45, 7) is 5.68.